The van der Waals surface area contributed by atoms with Crippen LogP contribution >= 0.6 is 0 Å². The average Bonchev–Trinajstić information content (AvgIpc) is 2.67. The fourth-order valence-electron chi connectivity index (χ4n) is 3.96. The quantitative estimate of drug-likeness (QED) is 0.844. The number of hydrogen-bond donors (Lipinski definition) is 0. The highest BCUT2D eigenvalue weighted by molar-refractivity contribution is 5.92. The Bertz CT molecular complexity index is 763. The molecule has 0 spiro atoms. The first-order valence-corrected chi connectivity index (χ1v) is 9.20. The molecule has 2 fully saturated rings. The van der Waals surface area contributed by atoms with Gasteiger partial charge in [-0.25, -0.2) is 0 Å². The first-order valence-electron chi connectivity index (χ1n) is 9.20. The van der Waals surface area contributed by atoms with Gasteiger partial charge >= 0.3 is 0 Å². The number of anilines is 1. The zero-order valence-corrected chi connectivity index (χ0v) is 14.8. The maximum Gasteiger partial charge on any atom is 0.225 e. The number of piperidine rings is 1. The number of aromatic nitrogens is 1. The molecule has 2 aliphatic rings. The van der Waals surface area contributed by atoms with E-state index in [1.54, 1.807) is 0 Å². The average molecular weight is 339 g/mol. The summed E-state index contributed by atoms with van der Waals surface area (Å²) in [6.07, 6.45) is 1.85. The Hall–Kier alpha value is -2.14. The third-order valence-corrected chi connectivity index (χ3v) is 5.33. The zero-order valence-electron chi connectivity index (χ0n) is 14.8. The predicted octanol–water partition coefficient (Wildman–Crippen LogP) is 2.62. The molecule has 1 aromatic carbocycles. The predicted molar refractivity (Wildman–Crippen MR) is 98.8 cm³/mol. The highest BCUT2D eigenvalue weighted by Crippen LogP contribution is 2.30. The fraction of sp³-hybridized carbons (Fsp3) is 0.500. The van der Waals surface area contributed by atoms with Gasteiger partial charge in [0.15, 0.2) is 0 Å². The summed E-state index contributed by atoms with van der Waals surface area (Å²) in [5.74, 6) is 0.474. The van der Waals surface area contributed by atoms with Crippen LogP contribution < -0.4 is 4.90 Å². The standard InChI is InChI=1S/C20H25N3O2/c1-15-14-19(17-4-2-3-5-18(17)21-15)22-8-6-16(7-9-22)20(24)23-10-12-25-13-11-23/h2-5,14,16H,6-13H2,1H3. The lowest BCUT2D eigenvalue weighted by Gasteiger charge is -2.37. The Balaban J connectivity index is 1.48. The van der Waals surface area contributed by atoms with Crippen LogP contribution in [0.1, 0.15) is 18.5 Å². The van der Waals surface area contributed by atoms with E-state index in [0.717, 1.165) is 50.2 Å². The molecule has 0 atom stereocenters. The van der Waals surface area contributed by atoms with Gasteiger partial charge in [-0.3, -0.25) is 9.78 Å². The summed E-state index contributed by atoms with van der Waals surface area (Å²) < 4.78 is 5.36. The number of rotatable bonds is 2. The van der Waals surface area contributed by atoms with Gasteiger partial charge in [0.2, 0.25) is 5.91 Å². The Morgan fingerprint density at radius 2 is 1.84 bits per heavy atom. The number of benzene rings is 1. The number of ether oxygens (including phenoxy) is 1. The monoisotopic (exact) mass is 339 g/mol. The smallest absolute Gasteiger partial charge is 0.225 e. The molecular weight excluding hydrogens is 314 g/mol. The number of fused-ring (bicyclic) bond motifs is 1. The summed E-state index contributed by atoms with van der Waals surface area (Å²) in [4.78, 5) is 21.7. The lowest BCUT2D eigenvalue weighted by atomic mass is 9.94. The van der Waals surface area contributed by atoms with Gasteiger partial charge in [-0.1, -0.05) is 18.2 Å². The molecule has 0 bridgehead atoms. The van der Waals surface area contributed by atoms with E-state index in [4.69, 9.17) is 4.74 Å². The van der Waals surface area contributed by atoms with Crippen LogP contribution in [0.3, 0.4) is 0 Å². The van der Waals surface area contributed by atoms with Crippen molar-refractivity contribution in [2.75, 3.05) is 44.3 Å². The highest BCUT2D eigenvalue weighted by Gasteiger charge is 2.29. The number of pyridine rings is 1. The van der Waals surface area contributed by atoms with E-state index in [1.165, 1.54) is 11.1 Å². The molecule has 0 radical (unpaired) electrons. The third kappa shape index (κ3) is 3.33. The number of morpholine rings is 1. The number of carbonyl (C=O) groups is 1. The van der Waals surface area contributed by atoms with E-state index in [2.05, 4.69) is 34.1 Å². The molecular formula is C20H25N3O2. The van der Waals surface area contributed by atoms with Gasteiger partial charge < -0.3 is 14.5 Å². The largest absolute Gasteiger partial charge is 0.378 e. The molecule has 5 nitrogen and oxygen atoms in total. The Kier molecular flexibility index (Phi) is 4.57. The van der Waals surface area contributed by atoms with Crippen molar-refractivity contribution < 1.29 is 9.53 Å². The minimum Gasteiger partial charge on any atom is -0.378 e. The van der Waals surface area contributed by atoms with Crippen molar-refractivity contribution >= 4 is 22.5 Å². The molecule has 2 aromatic rings. The summed E-state index contributed by atoms with van der Waals surface area (Å²) in [6.45, 7) is 6.73. The number of amides is 1. The molecule has 1 amide bonds. The summed E-state index contributed by atoms with van der Waals surface area (Å²) >= 11 is 0. The van der Waals surface area contributed by atoms with E-state index >= 15 is 0 Å². The molecule has 0 N–H and O–H groups in total. The Morgan fingerprint density at radius 3 is 2.60 bits per heavy atom. The molecule has 25 heavy (non-hydrogen) atoms. The number of carbonyl (C=O) groups excluding carboxylic acids is 1. The lowest BCUT2D eigenvalue weighted by molar-refractivity contribution is -0.140. The zero-order chi connectivity index (χ0) is 17.2. The van der Waals surface area contributed by atoms with Crippen LogP contribution in [-0.4, -0.2) is 55.2 Å². The first kappa shape index (κ1) is 16.3. The lowest BCUT2D eigenvalue weighted by Crippen LogP contribution is -2.46. The van der Waals surface area contributed by atoms with Crippen LogP contribution in [0.5, 0.6) is 0 Å². The topological polar surface area (TPSA) is 45.7 Å². The van der Waals surface area contributed by atoms with E-state index < -0.39 is 0 Å². The van der Waals surface area contributed by atoms with Crippen molar-refractivity contribution in [3.8, 4) is 0 Å². The van der Waals surface area contributed by atoms with E-state index in [0.29, 0.717) is 19.1 Å². The second-order valence-electron chi connectivity index (χ2n) is 7.00. The maximum absolute atomic E-state index is 12.7. The number of aryl methyl sites for hydroxylation is 1. The second-order valence-corrected chi connectivity index (χ2v) is 7.00. The number of hydrogen-bond acceptors (Lipinski definition) is 4. The van der Waals surface area contributed by atoms with Gasteiger partial charge in [-0.15, -0.1) is 0 Å². The summed E-state index contributed by atoms with van der Waals surface area (Å²) in [7, 11) is 0. The maximum atomic E-state index is 12.7. The molecule has 0 saturated carbocycles. The molecule has 1 aromatic heterocycles. The van der Waals surface area contributed by atoms with Gasteiger partial charge in [-0.2, -0.15) is 0 Å². The Morgan fingerprint density at radius 1 is 1.12 bits per heavy atom. The SMILES string of the molecule is Cc1cc(N2CCC(C(=O)N3CCOCC3)CC2)c2ccccc2n1. The van der Waals surface area contributed by atoms with Crippen molar-refractivity contribution in [1.29, 1.82) is 0 Å². The minimum atomic E-state index is 0.156. The van der Waals surface area contributed by atoms with Crippen LogP contribution in [0.25, 0.3) is 10.9 Å². The highest BCUT2D eigenvalue weighted by atomic mass is 16.5. The van der Waals surface area contributed by atoms with Crippen molar-refractivity contribution in [2.45, 2.75) is 19.8 Å². The third-order valence-electron chi connectivity index (χ3n) is 5.33. The molecule has 0 unspecified atom stereocenters. The first-order chi connectivity index (χ1) is 12.2. The summed E-state index contributed by atoms with van der Waals surface area (Å²) in [5.41, 5.74) is 3.34. The van der Waals surface area contributed by atoms with Crippen molar-refractivity contribution in [1.82, 2.24) is 9.88 Å². The van der Waals surface area contributed by atoms with E-state index in [-0.39, 0.29) is 5.92 Å². The van der Waals surface area contributed by atoms with Gasteiger partial charge in [-0.05, 0) is 31.9 Å². The normalized spacial score (nSPS) is 19.4. The van der Waals surface area contributed by atoms with Crippen LogP contribution in [0, 0.1) is 12.8 Å². The summed E-state index contributed by atoms with van der Waals surface area (Å²) in [5, 5.41) is 1.20. The van der Waals surface area contributed by atoms with Crippen LogP contribution in [0.15, 0.2) is 30.3 Å². The van der Waals surface area contributed by atoms with Gasteiger partial charge in [0.25, 0.3) is 0 Å². The fourth-order valence-corrected chi connectivity index (χ4v) is 3.96. The van der Waals surface area contributed by atoms with Crippen molar-refractivity contribution in [3.63, 3.8) is 0 Å². The van der Waals surface area contributed by atoms with E-state index in [9.17, 15) is 4.79 Å². The van der Waals surface area contributed by atoms with Crippen LogP contribution in [-0.2, 0) is 9.53 Å². The van der Waals surface area contributed by atoms with Crippen molar-refractivity contribution in [2.24, 2.45) is 5.92 Å². The molecule has 132 valence electrons. The molecule has 4 rings (SSSR count). The Labute approximate surface area is 148 Å². The minimum absolute atomic E-state index is 0.156. The van der Waals surface area contributed by atoms with E-state index in [1.807, 2.05) is 17.9 Å². The molecule has 2 aliphatic heterocycles. The van der Waals surface area contributed by atoms with Crippen molar-refractivity contribution in [3.05, 3.63) is 36.0 Å². The van der Waals surface area contributed by atoms with Gasteiger partial charge in [0.05, 0.1) is 18.7 Å². The molecule has 5 heteroatoms. The number of nitrogens with zero attached hydrogens (tertiary/aromatic N) is 3. The van der Waals surface area contributed by atoms with Crippen LogP contribution in [0.2, 0.25) is 0 Å². The second kappa shape index (κ2) is 7.00. The van der Waals surface area contributed by atoms with Gasteiger partial charge in [0, 0.05) is 48.9 Å². The number of para-hydroxylation sites is 1. The molecule has 2 saturated heterocycles. The van der Waals surface area contributed by atoms with Gasteiger partial charge in [0.1, 0.15) is 0 Å². The summed E-state index contributed by atoms with van der Waals surface area (Å²) in [6, 6.07) is 10.5. The molecule has 3 heterocycles. The van der Waals surface area contributed by atoms with Crippen LogP contribution in [0.4, 0.5) is 5.69 Å². The molecule has 0 aliphatic carbocycles.